The number of hydrogen-bond donors (Lipinski definition) is 1. The van der Waals surface area contributed by atoms with Gasteiger partial charge in [-0.2, -0.15) is 14.9 Å². The van der Waals surface area contributed by atoms with Crippen molar-refractivity contribution < 1.29 is 19.2 Å². The Hall–Kier alpha value is -3.60. The van der Waals surface area contributed by atoms with E-state index in [1.54, 1.807) is 6.07 Å². The summed E-state index contributed by atoms with van der Waals surface area (Å²) in [5, 5.41) is 33.6. The van der Waals surface area contributed by atoms with Crippen LogP contribution in [0.15, 0.2) is 41.5 Å². The molecule has 0 unspecified atom stereocenters. The predicted octanol–water partition coefficient (Wildman–Crippen LogP) is 2.62. The Kier molecular flexibility index (Phi) is 4.94. The molecule has 0 fully saturated rings. The van der Waals surface area contributed by atoms with Crippen LogP contribution < -0.4 is 9.84 Å². The standard InChI is InChI=1S/C16H12FN5O4S/c1-26-13-6-9(5-12(14(13)23)22(24)25)8-18-21-15(19-20-16(21)27)10-3-2-4-11(17)7-10/h2-8,23H,1H3,(H,20,27)/p-1/b18-8-. The van der Waals surface area contributed by atoms with Crippen LogP contribution in [0, 0.1) is 20.7 Å². The molecule has 3 aromatic rings. The molecule has 0 saturated carbocycles. The molecule has 0 amide bonds. The molecule has 0 radical (unpaired) electrons. The van der Waals surface area contributed by atoms with E-state index in [0.29, 0.717) is 5.56 Å². The molecule has 0 aliphatic rings. The summed E-state index contributed by atoms with van der Waals surface area (Å²) in [7, 11) is 1.23. The second kappa shape index (κ2) is 7.33. The van der Waals surface area contributed by atoms with Gasteiger partial charge in [-0.05, 0) is 30.4 Å². The number of nitro benzene ring substituents is 1. The van der Waals surface area contributed by atoms with Crippen LogP contribution in [0.25, 0.3) is 11.4 Å². The van der Waals surface area contributed by atoms with Gasteiger partial charge in [-0.1, -0.05) is 12.1 Å². The van der Waals surface area contributed by atoms with Gasteiger partial charge in [0.25, 0.3) is 5.69 Å². The lowest BCUT2D eigenvalue weighted by Gasteiger charge is -2.13. The summed E-state index contributed by atoms with van der Waals surface area (Å²) >= 11 is 5.11. The molecular weight excluding hydrogens is 377 g/mol. The molecule has 1 heterocycles. The van der Waals surface area contributed by atoms with Crippen molar-refractivity contribution in [1.82, 2.24) is 14.9 Å². The lowest BCUT2D eigenvalue weighted by Crippen LogP contribution is -2.02. The SMILES string of the molecule is COc1cc(/C=N\n2c(-c3cccc(F)c3)n[nH]c2=S)cc([N+](=O)[O-])c1[O-]. The van der Waals surface area contributed by atoms with E-state index in [4.69, 9.17) is 17.0 Å². The van der Waals surface area contributed by atoms with Crippen LogP contribution in [0.5, 0.6) is 11.5 Å². The monoisotopic (exact) mass is 388 g/mol. The fourth-order valence-corrected chi connectivity index (χ4v) is 2.49. The van der Waals surface area contributed by atoms with Crippen molar-refractivity contribution in [3.63, 3.8) is 0 Å². The molecule has 1 N–H and O–H groups in total. The topological polar surface area (TPSA) is 121 Å². The molecule has 0 aliphatic carbocycles. The van der Waals surface area contributed by atoms with Gasteiger partial charge in [-0.3, -0.25) is 10.1 Å². The van der Waals surface area contributed by atoms with Gasteiger partial charge in [0, 0.05) is 22.9 Å². The maximum atomic E-state index is 13.5. The van der Waals surface area contributed by atoms with Crippen LogP contribution in [0.3, 0.4) is 0 Å². The zero-order valence-electron chi connectivity index (χ0n) is 13.7. The lowest BCUT2D eigenvalue weighted by atomic mass is 10.2. The van der Waals surface area contributed by atoms with E-state index in [1.807, 2.05) is 0 Å². The third-order valence-corrected chi connectivity index (χ3v) is 3.79. The number of aromatic nitrogens is 3. The molecule has 0 spiro atoms. The molecule has 27 heavy (non-hydrogen) atoms. The Morgan fingerprint density at radius 3 is 2.85 bits per heavy atom. The van der Waals surface area contributed by atoms with Gasteiger partial charge in [0.2, 0.25) is 4.77 Å². The minimum Gasteiger partial charge on any atom is -0.865 e. The maximum Gasteiger partial charge on any atom is 0.266 e. The average Bonchev–Trinajstić information content (AvgIpc) is 3.01. The molecule has 0 bridgehead atoms. The van der Waals surface area contributed by atoms with E-state index >= 15 is 0 Å². The highest BCUT2D eigenvalue weighted by atomic mass is 32.1. The molecule has 0 aliphatic heterocycles. The number of benzene rings is 2. The van der Waals surface area contributed by atoms with Gasteiger partial charge in [-0.25, -0.2) is 9.49 Å². The molecule has 9 nitrogen and oxygen atoms in total. The van der Waals surface area contributed by atoms with Gasteiger partial charge in [0.05, 0.1) is 18.2 Å². The van der Waals surface area contributed by atoms with E-state index in [-0.39, 0.29) is 21.9 Å². The molecule has 138 valence electrons. The minimum absolute atomic E-state index is 0.132. The zero-order valence-corrected chi connectivity index (χ0v) is 14.6. The first-order chi connectivity index (χ1) is 12.9. The zero-order chi connectivity index (χ0) is 19.6. The van der Waals surface area contributed by atoms with E-state index in [9.17, 15) is 19.6 Å². The Balaban J connectivity index is 2.05. The van der Waals surface area contributed by atoms with Crippen LogP contribution >= 0.6 is 12.2 Å². The first kappa shape index (κ1) is 18.2. The molecule has 11 heteroatoms. The number of ether oxygens (including phenoxy) is 1. The van der Waals surface area contributed by atoms with Crippen LogP contribution in [-0.4, -0.2) is 33.1 Å². The number of aromatic amines is 1. The number of rotatable bonds is 5. The number of methoxy groups -OCH3 is 1. The summed E-state index contributed by atoms with van der Waals surface area (Å²) in [5.74, 6) is -1.23. The van der Waals surface area contributed by atoms with Gasteiger partial charge in [-0.15, -0.1) is 0 Å². The molecule has 3 rings (SSSR count). The largest absolute Gasteiger partial charge is 0.865 e. The van der Waals surface area contributed by atoms with Crippen LogP contribution in [0.1, 0.15) is 5.56 Å². The van der Waals surface area contributed by atoms with E-state index in [1.165, 1.54) is 42.3 Å². The minimum atomic E-state index is -0.833. The van der Waals surface area contributed by atoms with Crippen molar-refractivity contribution in [2.45, 2.75) is 0 Å². The summed E-state index contributed by atoms with van der Waals surface area (Å²) in [6.07, 6.45) is 1.25. The summed E-state index contributed by atoms with van der Waals surface area (Å²) in [4.78, 5) is 10.2. The van der Waals surface area contributed by atoms with Crippen molar-refractivity contribution >= 4 is 24.1 Å². The van der Waals surface area contributed by atoms with E-state index in [2.05, 4.69) is 15.3 Å². The summed E-state index contributed by atoms with van der Waals surface area (Å²) in [5.41, 5.74) is 0.0290. The second-order valence-electron chi connectivity index (χ2n) is 5.25. The first-order valence-electron chi connectivity index (χ1n) is 7.42. The Morgan fingerprint density at radius 2 is 2.19 bits per heavy atom. The normalized spacial score (nSPS) is 11.0. The van der Waals surface area contributed by atoms with Crippen molar-refractivity contribution in [3.05, 3.63) is 62.7 Å². The van der Waals surface area contributed by atoms with Crippen LogP contribution in [-0.2, 0) is 0 Å². The predicted molar refractivity (Wildman–Crippen MR) is 94.9 cm³/mol. The maximum absolute atomic E-state index is 13.5. The van der Waals surface area contributed by atoms with Gasteiger partial charge >= 0.3 is 0 Å². The van der Waals surface area contributed by atoms with Crippen LogP contribution in [0.4, 0.5) is 10.1 Å². The number of hydrogen-bond acceptors (Lipinski definition) is 7. The highest BCUT2D eigenvalue weighted by Crippen LogP contribution is 2.34. The van der Waals surface area contributed by atoms with Gasteiger partial charge in [0.15, 0.2) is 5.82 Å². The van der Waals surface area contributed by atoms with Gasteiger partial charge in [0.1, 0.15) is 11.6 Å². The molecule has 0 saturated heterocycles. The third-order valence-electron chi connectivity index (χ3n) is 3.53. The molecular formula is C16H11FN5O4S-. The molecule has 2 aromatic carbocycles. The number of nitrogens with zero attached hydrogens (tertiary/aromatic N) is 4. The Morgan fingerprint density at radius 1 is 1.41 bits per heavy atom. The highest BCUT2D eigenvalue weighted by Gasteiger charge is 2.13. The number of halogens is 1. The first-order valence-corrected chi connectivity index (χ1v) is 7.82. The summed E-state index contributed by atoms with van der Waals surface area (Å²) in [6.45, 7) is 0. The Labute approximate surface area is 156 Å². The highest BCUT2D eigenvalue weighted by molar-refractivity contribution is 7.71. The van der Waals surface area contributed by atoms with Crippen molar-refractivity contribution in [2.24, 2.45) is 5.10 Å². The number of H-pyrrole nitrogens is 1. The lowest BCUT2D eigenvalue weighted by molar-refractivity contribution is -0.398. The number of nitrogens with one attached hydrogen (secondary N) is 1. The van der Waals surface area contributed by atoms with E-state index in [0.717, 1.165) is 6.07 Å². The van der Waals surface area contributed by atoms with Crippen molar-refractivity contribution in [2.75, 3.05) is 7.11 Å². The molecule has 0 atom stereocenters. The van der Waals surface area contributed by atoms with Crippen LogP contribution in [0.2, 0.25) is 0 Å². The smallest absolute Gasteiger partial charge is 0.266 e. The fraction of sp³-hybridized carbons (Fsp3) is 0.0625. The van der Waals surface area contributed by atoms with E-state index < -0.39 is 22.2 Å². The summed E-state index contributed by atoms with van der Waals surface area (Å²) in [6, 6.07) is 8.06. The Bertz CT molecular complexity index is 1110. The van der Waals surface area contributed by atoms with Crippen molar-refractivity contribution in [3.8, 4) is 22.9 Å². The molecule has 1 aromatic heterocycles. The average molecular weight is 388 g/mol. The number of nitro groups is 1. The fourth-order valence-electron chi connectivity index (χ4n) is 2.31. The summed E-state index contributed by atoms with van der Waals surface area (Å²) < 4.78 is 19.7. The van der Waals surface area contributed by atoms with Gasteiger partial charge < -0.3 is 9.84 Å². The van der Waals surface area contributed by atoms with Crippen molar-refractivity contribution in [1.29, 1.82) is 0 Å². The third kappa shape index (κ3) is 3.67. The second-order valence-corrected chi connectivity index (χ2v) is 5.63. The quantitative estimate of drug-likeness (QED) is 0.310.